The van der Waals surface area contributed by atoms with Gasteiger partial charge in [-0.2, -0.15) is 0 Å². The molecule has 0 aromatic heterocycles. The minimum atomic E-state index is 1.37. The van der Waals surface area contributed by atoms with Gasteiger partial charge in [-0.05, 0) is 51.4 Å². The topological polar surface area (TPSA) is 0 Å². The molecule has 0 amide bonds. The molecule has 0 atom stereocenters. The van der Waals surface area contributed by atoms with Crippen molar-refractivity contribution in [2.75, 3.05) is 26.2 Å². The Bertz CT molecular complexity index is 755. The molecule has 1 heteroatoms. The average molecular weight is 958 g/mol. The number of unbranched alkanes of at least 4 members (excludes halogenated alkanes) is 55. The van der Waals surface area contributed by atoms with E-state index in [1.807, 2.05) is 0 Å². The molecule has 0 bridgehead atoms. The smallest absolute Gasteiger partial charge is 0.0786 e. The number of quaternary nitrogens is 1. The van der Waals surface area contributed by atoms with Crippen molar-refractivity contribution in [3.05, 3.63) is 0 Å². The summed E-state index contributed by atoms with van der Waals surface area (Å²) < 4.78 is 1.49. The lowest BCUT2D eigenvalue weighted by atomic mass is 10.0. The summed E-state index contributed by atoms with van der Waals surface area (Å²) in [6.45, 7) is 15.3. The highest BCUT2D eigenvalue weighted by molar-refractivity contribution is 4.58. The van der Waals surface area contributed by atoms with Crippen LogP contribution in [0, 0.1) is 0 Å². The predicted molar refractivity (Wildman–Crippen MR) is 315 cm³/mol. The first-order chi connectivity index (χ1) is 33.7. The minimum Gasteiger partial charge on any atom is -0.324 e. The molecule has 0 aliphatic carbocycles. The second kappa shape index (κ2) is 61.3. The normalized spacial score (nSPS) is 12.0. The van der Waals surface area contributed by atoms with E-state index < -0.39 is 0 Å². The van der Waals surface area contributed by atoms with Crippen LogP contribution in [-0.4, -0.2) is 30.7 Å². The van der Waals surface area contributed by atoms with Crippen molar-refractivity contribution in [1.29, 1.82) is 0 Å². The molecule has 1 nitrogen and oxygen atoms in total. The van der Waals surface area contributed by atoms with Gasteiger partial charge in [0.15, 0.2) is 0 Å². The Labute approximate surface area is 435 Å². The Balaban J connectivity index is 4.78. The largest absolute Gasteiger partial charge is 0.324 e. The highest BCUT2D eigenvalue weighted by atomic mass is 15.3. The van der Waals surface area contributed by atoms with Crippen LogP contribution < -0.4 is 0 Å². The van der Waals surface area contributed by atoms with Gasteiger partial charge in [-0.15, -0.1) is 0 Å². The van der Waals surface area contributed by atoms with Crippen molar-refractivity contribution in [3.63, 3.8) is 0 Å². The lowest BCUT2D eigenvalue weighted by molar-refractivity contribution is -0.929. The molecule has 0 saturated heterocycles. The molecular weight excluding hydrogens is 819 g/mol. The molecule has 0 N–H and O–H groups in total. The lowest BCUT2D eigenvalue weighted by Crippen LogP contribution is -2.50. The van der Waals surface area contributed by atoms with E-state index in [0.717, 1.165) is 0 Å². The van der Waals surface area contributed by atoms with Gasteiger partial charge >= 0.3 is 0 Å². The molecule has 0 aliphatic heterocycles. The molecule has 0 aromatic rings. The summed E-state index contributed by atoms with van der Waals surface area (Å²) in [6, 6.07) is 0. The minimum absolute atomic E-state index is 1.37. The summed E-state index contributed by atoms with van der Waals surface area (Å²) in [6.07, 6.45) is 87.2. The van der Waals surface area contributed by atoms with Crippen LogP contribution >= 0.6 is 0 Å². The molecule has 410 valence electrons. The first kappa shape index (κ1) is 68.0. The maximum atomic E-state index is 2.36. The number of hydrogen-bond acceptors (Lipinski definition) is 0. The fourth-order valence-electron chi connectivity index (χ4n) is 11.8. The third-order valence-corrected chi connectivity index (χ3v) is 16.7. The molecule has 68 heavy (non-hydrogen) atoms. The third-order valence-electron chi connectivity index (χ3n) is 16.7. The van der Waals surface area contributed by atoms with Gasteiger partial charge in [-0.25, -0.2) is 0 Å². The van der Waals surface area contributed by atoms with Gasteiger partial charge in [0.2, 0.25) is 0 Å². The van der Waals surface area contributed by atoms with E-state index in [9.17, 15) is 0 Å². The van der Waals surface area contributed by atoms with Crippen LogP contribution in [0.25, 0.3) is 0 Å². The maximum absolute atomic E-state index is 2.36. The van der Waals surface area contributed by atoms with Crippen molar-refractivity contribution < 1.29 is 4.48 Å². The van der Waals surface area contributed by atoms with Crippen LogP contribution in [0.2, 0.25) is 0 Å². The Hall–Kier alpha value is -0.0400. The second-order valence-electron chi connectivity index (χ2n) is 23.7. The first-order valence-corrected chi connectivity index (χ1v) is 33.6. The average Bonchev–Trinajstić information content (AvgIpc) is 3.35. The van der Waals surface area contributed by atoms with Crippen molar-refractivity contribution in [3.8, 4) is 0 Å². The van der Waals surface area contributed by atoms with Crippen LogP contribution in [0.1, 0.15) is 407 Å². The zero-order valence-electron chi connectivity index (χ0n) is 49.0. The monoisotopic (exact) mass is 957 g/mol. The third kappa shape index (κ3) is 55.3. The van der Waals surface area contributed by atoms with Crippen LogP contribution in [-0.2, 0) is 0 Å². The SMILES string of the molecule is CCCCCCCCCCCCCCCCCCC[N+](CCCCCCCCCC)(CCCCCCCCCCCCCCCCCCC)CCCCCCCCCCCCCCCCCCC. The van der Waals surface area contributed by atoms with Crippen LogP contribution in [0.3, 0.4) is 0 Å². The standard InChI is InChI=1S/C67H138N/c1-5-9-13-17-21-25-28-31-34-37-40-43-46-49-53-57-61-65-68(64-60-56-52-24-20-16-12-8-4,66-62-58-54-50-47-44-41-38-35-32-29-26-22-18-14-10-6-2)67-63-59-55-51-48-45-42-39-36-33-30-27-23-19-15-11-7-3/h5-67H2,1-4H3/q+1. The maximum Gasteiger partial charge on any atom is 0.0786 e. The van der Waals surface area contributed by atoms with Gasteiger partial charge in [0.05, 0.1) is 26.2 Å². The van der Waals surface area contributed by atoms with E-state index in [4.69, 9.17) is 0 Å². The quantitative estimate of drug-likeness (QED) is 0.0421. The molecular formula is C67H138N+. The van der Waals surface area contributed by atoms with Crippen molar-refractivity contribution in [2.24, 2.45) is 0 Å². The molecule has 0 rings (SSSR count). The summed E-state index contributed by atoms with van der Waals surface area (Å²) in [5, 5.41) is 0. The van der Waals surface area contributed by atoms with E-state index in [1.54, 1.807) is 0 Å². The van der Waals surface area contributed by atoms with Crippen LogP contribution in [0.5, 0.6) is 0 Å². The number of rotatable bonds is 63. The number of nitrogens with zero attached hydrogens (tertiary/aromatic N) is 1. The van der Waals surface area contributed by atoms with E-state index in [0.29, 0.717) is 0 Å². The Morgan fingerprint density at radius 3 is 0.309 bits per heavy atom. The van der Waals surface area contributed by atoms with E-state index >= 15 is 0 Å². The van der Waals surface area contributed by atoms with Gasteiger partial charge in [-0.3, -0.25) is 0 Å². The van der Waals surface area contributed by atoms with Gasteiger partial charge < -0.3 is 4.48 Å². The molecule has 0 unspecified atom stereocenters. The lowest BCUT2D eigenvalue weighted by Gasteiger charge is -2.40. The van der Waals surface area contributed by atoms with Crippen molar-refractivity contribution in [1.82, 2.24) is 0 Å². The van der Waals surface area contributed by atoms with Crippen LogP contribution in [0.4, 0.5) is 0 Å². The van der Waals surface area contributed by atoms with Gasteiger partial charge in [0.1, 0.15) is 0 Å². The molecule has 0 radical (unpaired) electrons. The highest BCUT2D eigenvalue weighted by Crippen LogP contribution is 2.23. The summed E-state index contributed by atoms with van der Waals surface area (Å²) in [5.41, 5.74) is 0. The van der Waals surface area contributed by atoms with E-state index in [-0.39, 0.29) is 0 Å². The Morgan fingerprint density at radius 2 is 0.206 bits per heavy atom. The fourth-order valence-corrected chi connectivity index (χ4v) is 11.8. The van der Waals surface area contributed by atoms with E-state index in [2.05, 4.69) is 27.7 Å². The zero-order chi connectivity index (χ0) is 49.0. The van der Waals surface area contributed by atoms with E-state index in [1.165, 1.54) is 409 Å². The van der Waals surface area contributed by atoms with Gasteiger partial charge in [0, 0.05) is 0 Å². The molecule has 0 spiro atoms. The van der Waals surface area contributed by atoms with Gasteiger partial charge in [0.25, 0.3) is 0 Å². The first-order valence-electron chi connectivity index (χ1n) is 33.6. The molecule has 0 fully saturated rings. The zero-order valence-corrected chi connectivity index (χ0v) is 49.0. The molecule has 0 aromatic carbocycles. The Kier molecular flexibility index (Phi) is 61.2. The van der Waals surface area contributed by atoms with Gasteiger partial charge in [-0.1, -0.05) is 355 Å². The molecule has 0 heterocycles. The summed E-state index contributed by atoms with van der Waals surface area (Å²) in [5.74, 6) is 0. The second-order valence-corrected chi connectivity index (χ2v) is 23.7. The Morgan fingerprint density at radius 1 is 0.118 bits per heavy atom. The molecule has 0 aliphatic rings. The number of hydrogen-bond donors (Lipinski definition) is 0. The van der Waals surface area contributed by atoms with Crippen LogP contribution in [0.15, 0.2) is 0 Å². The summed E-state index contributed by atoms with van der Waals surface area (Å²) >= 11 is 0. The molecule has 0 saturated carbocycles. The van der Waals surface area contributed by atoms with Crippen molar-refractivity contribution in [2.45, 2.75) is 407 Å². The summed E-state index contributed by atoms with van der Waals surface area (Å²) in [4.78, 5) is 0. The predicted octanol–water partition coefficient (Wildman–Crippen LogP) is 24.9. The highest BCUT2D eigenvalue weighted by Gasteiger charge is 2.26. The summed E-state index contributed by atoms with van der Waals surface area (Å²) in [7, 11) is 0. The fraction of sp³-hybridized carbons (Fsp3) is 1.00. The van der Waals surface area contributed by atoms with Crippen molar-refractivity contribution >= 4 is 0 Å².